The molecule has 3 aromatic rings. The van der Waals surface area contributed by atoms with Crippen molar-refractivity contribution in [2.24, 2.45) is 0 Å². The Hall–Kier alpha value is -3.47. The van der Waals surface area contributed by atoms with Gasteiger partial charge in [0.1, 0.15) is 11.7 Å². The number of rotatable bonds is 4. The molecule has 0 aromatic carbocycles. The Morgan fingerprint density at radius 2 is 1.94 bits per heavy atom. The van der Waals surface area contributed by atoms with Crippen molar-refractivity contribution >= 4 is 40.5 Å². The molecule has 3 aromatic heterocycles. The van der Waals surface area contributed by atoms with Gasteiger partial charge < -0.3 is 25.2 Å². The molecular weight excluding hydrogens is 429 g/mol. The summed E-state index contributed by atoms with van der Waals surface area (Å²) < 4.78 is 14.4. The summed E-state index contributed by atoms with van der Waals surface area (Å²) in [5.41, 5.74) is 1.18. The van der Waals surface area contributed by atoms with E-state index in [2.05, 4.69) is 25.3 Å². The van der Waals surface area contributed by atoms with Gasteiger partial charge in [-0.25, -0.2) is 24.1 Å². The second-order valence-electron chi connectivity index (χ2n) is 7.10. The zero-order valence-corrected chi connectivity index (χ0v) is 17.2. The van der Waals surface area contributed by atoms with Gasteiger partial charge in [-0.1, -0.05) is 11.6 Å². The number of fused-ring (bicyclic) bond motifs is 1. The predicted molar refractivity (Wildman–Crippen MR) is 111 cm³/mol. The number of hydrogen-bond donors (Lipinski definition) is 3. The number of carbonyl (C=O) groups is 2. The summed E-state index contributed by atoms with van der Waals surface area (Å²) in [4.78, 5) is 42.0. The topological polar surface area (TPSA) is 127 Å². The quantitative estimate of drug-likeness (QED) is 0.560. The monoisotopic (exact) mass is 447 g/mol. The van der Waals surface area contributed by atoms with Crippen LogP contribution < -0.4 is 5.32 Å². The van der Waals surface area contributed by atoms with Crippen molar-refractivity contribution < 1.29 is 19.1 Å². The maximum atomic E-state index is 14.4. The lowest BCUT2D eigenvalue weighted by atomic mass is 10.2. The van der Waals surface area contributed by atoms with Gasteiger partial charge in [0.25, 0.3) is 0 Å². The van der Waals surface area contributed by atoms with E-state index in [1.807, 2.05) is 0 Å². The van der Waals surface area contributed by atoms with Crippen LogP contribution in [0.1, 0.15) is 6.92 Å². The van der Waals surface area contributed by atoms with Crippen molar-refractivity contribution in [3.8, 4) is 11.4 Å². The molecular formula is C19H19ClFN7O3. The minimum absolute atomic E-state index is 0.112. The molecule has 1 aliphatic rings. The Balaban J connectivity index is 1.52. The average Bonchev–Trinajstić information content (AvgIpc) is 3.17. The van der Waals surface area contributed by atoms with Crippen molar-refractivity contribution in [1.82, 2.24) is 29.7 Å². The standard InChI is InChI=1S/C19H19ClFN7O3/c1-10(18(29)27-2-4-28(5-3-27)19(30)31)25-17-14(21)9-24-16(26-17)13-8-23-15-12(13)6-11(20)7-22-15/h6-10H,2-5H2,1H3,(H,22,23)(H,30,31)(H,24,25,26)/t10-/m0/s1. The first kappa shape index (κ1) is 20.8. The predicted octanol–water partition coefficient (Wildman–Crippen LogP) is 2.44. The number of nitrogens with zero attached hydrogens (tertiary/aromatic N) is 5. The normalized spacial score (nSPS) is 15.2. The number of aromatic amines is 1. The molecule has 0 spiro atoms. The van der Waals surface area contributed by atoms with Crippen LogP contribution in [0.3, 0.4) is 0 Å². The highest BCUT2D eigenvalue weighted by Gasteiger charge is 2.27. The van der Waals surface area contributed by atoms with Crippen LogP contribution in [-0.2, 0) is 4.79 Å². The molecule has 0 aliphatic carbocycles. The first-order chi connectivity index (χ1) is 14.8. The summed E-state index contributed by atoms with van der Waals surface area (Å²) >= 11 is 6.03. The van der Waals surface area contributed by atoms with E-state index in [-0.39, 0.29) is 43.7 Å². The Bertz CT molecular complexity index is 1150. The minimum Gasteiger partial charge on any atom is -0.465 e. The fourth-order valence-corrected chi connectivity index (χ4v) is 3.58. The molecule has 0 bridgehead atoms. The van der Waals surface area contributed by atoms with Crippen LogP contribution in [0.2, 0.25) is 5.02 Å². The van der Waals surface area contributed by atoms with E-state index in [1.165, 1.54) is 11.1 Å². The highest BCUT2D eigenvalue weighted by atomic mass is 35.5. The second kappa shape index (κ2) is 8.34. The largest absolute Gasteiger partial charge is 0.465 e. The maximum Gasteiger partial charge on any atom is 0.407 e. The van der Waals surface area contributed by atoms with E-state index in [0.29, 0.717) is 21.6 Å². The van der Waals surface area contributed by atoms with Crippen molar-refractivity contribution in [3.63, 3.8) is 0 Å². The fourth-order valence-electron chi connectivity index (χ4n) is 3.42. The van der Waals surface area contributed by atoms with Crippen LogP contribution in [0.25, 0.3) is 22.4 Å². The summed E-state index contributed by atoms with van der Waals surface area (Å²) in [6, 6.07) is 0.936. The fraction of sp³-hybridized carbons (Fsp3) is 0.316. The van der Waals surface area contributed by atoms with Crippen molar-refractivity contribution in [2.45, 2.75) is 13.0 Å². The molecule has 4 heterocycles. The highest BCUT2D eigenvalue weighted by Crippen LogP contribution is 2.28. The molecule has 0 saturated carbocycles. The number of anilines is 1. The Kier molecular flexibility index (Phi) is 5.59. The number of carboxylic acid groups (broad SMARTS) is 1. The van der Waals surface area contributed by atoms with Crippen LogP contribution in [0, 0.1) is 5.82 Å². The lowest BCUT2D eigenvalue weighted by molar-refractivity contribution is -0.133. The zero-order valence-electron chi connectivity index (χ0n) is 16.5. The summed E-state index contributed by atoms with van der Waals surface area (Å²) in [7, 11) is 0. The summed E-state index contributed by atoms with van der Waals surface area (Å²) in [5.74, 6) is -0.837. The molecule has 0 radical (unpaired) electrons. The molecule has 0 unspecified atom stereocenters. The number of hydrogen-bond acceptors (Lipinski definition) is 6. The minimum atomic E-state index is -1.01. The molecule has 3 N–H and O–H groups in total. The van der Waals surface area contributed by atoms with Gasteiger partial charge in [-0.2, -0.15) is 0 Å². The Morgan fingerprint density at radius 1 is 1.23 bits per heavy atom. The average molecular weight is 448 g/mol. The van der Waals surface area contributed by atoms with Gasteiger partial charge in [0.2, 0.25) is 5.91 Å². The van der Waals surface area contributed by atoms with Crippen LogP contribution in [0.15, 0.2) is 24.7 Å². The van der Waals surface area contributed by atoms with Crippen LogP contribution >= 0.6 is 11.6 Å². The third kappa shape index (κ3) is 4.22. The van der Waals surface area contributed by atoms with Gasteiger partial charge >= 0.3 is 6.09 Å². The number of piperazine rings is 1. The molecule has 4 rings (SSSR count). The molecule has 1 atom stereocenters. The number of amides is 2. The molecule has 1 fully saturated rings. The lowest BCUT2D eigenvalue weighted by Gasteiger charge is -2.34. The first-order valence-electron chi connectivity index (χ1n) is 9.52. The van der Waals surface area contributed by atoms with E-state index in [0.717, 1.165) is 6.20 Å². The number of pyridine rings is 1. The summed E-state index contributed by atoms with van der Waals surface area (Å²) in [6.45, 7) is 2.62. The molecule has 162 valence electrons. The molecule has 12 heteroatoms. The molecule has 2 amide bonds. The third-order valence-corrected chi connectivity index (χ3v) is 5.27. The number of carbonyl (C=O) groups excluding carboxylic acids is 1. The summed E-state index contributed by atoms with van der Waals surface area (Å²) in [5, 5.41) is 13.0. The van der Waals surface area contributed by atoms with E-state index >= 15 is 0 Å². The van der Waals surface area contributed by atoms with Crippen molar-refractivity contribution in [1.29, 1.82) is 0 Å². The maximum absolute atomic E-state index is 14.4. The SMILES string of the molecule is C[C@H](Nc1nc(-c2c[nH]c3ncc(Cl)cc23)ncc1F)C(=O)N1CCN(C(=O)O)CC1. The van der Waals surface area contributed by atoms with E-state index in [1.54, 1.807) is 24.1 Å². The molecule has 1 aliphatic heterocycles. The summed E-state index contributed by atoms with van der Waals surface area (Å²) in [6.07, 6.45) is 3.18. The second-order valence-corrected chi connectivity index (χ2v) is 7.54. The van der Waals surface area contributed by atoms with Crippen molar-refractivity contribution in [3.05, 3.63) is 35.5 Å². The molecule has 1 saturated heterocycles. The number of H-pyrrole nitrogens is 1. The van der Waals surface area contributed by atoms with E-state index in [4.69, 9.17) is 16.7 Å². The van der Waals surface area contributed by atoms with Gasteiger partial charge in [-0.05, 0) is 13.0 Å². The third-order valence-electron chi connectivity index (χ3n) is 5.07. The highest BCUT2D eigenvalue weighted by molar-refractivity contribution is 6.31. The van der Waals surface area contributed by atoms with E-state index < -0.39 is 18.0 Å². The van der Waals surface area contributed by atoms with Gasteiger partial charge in [-0.3, -0.25) is 4.79 Å². The zero-order chi connectivity index (χ0) is 22.1. The van der Waals surface area contributed by atoms with Gasteiger partial charge in [0.15, 0.2) is 17.5 Å². The van der Waals surface area contributed by atoms with Gasteiger partial charge in [0, 0.05) is 49.5 Å². The number of aromatic nitrogens is 4. The Labute approximate surface area is 181 Å². The Morgan fingerprint density at radius 3 is 2.65 bits per heavy atom. The van der Waals surface area contributed by atoms with Crippen LogP contribution in [-0.4, -0.2) is 79.1 Å². The van der Waals surface area contributed by atoms with Crippen molar-refractivity contribution in [2.75, 3.05) is 31.5 Å². The lowest BCUT2D eigenvalue weighted by Crippen LogP contribution is -2.53. The van der Waals surface area contributed by atoms with Gasteiger partial charge in [-0.15, -0.1) is 0 Å². The molecule has 31 heavy (non-hydrogen) atoms. The van der Waals surface area contributed by atoms with E-state index in [9.17, 15) is 14.0 Å². The number of halogens is 2. The smallest absolute Gasteiger partial charge is 0.407 e. The first-order valence-corrected chi connectivity index (χ1v) is 9.90. The van der Waals surface area contributed by atoms with Crippen LogP contribution in [0.4, 0.5) is 15.0 Å². The van der Waals surface area contributed by atoms with Gasteiger partial charge in [0.05, 0.1) is 11.2 Å². The molecule has 10 nitrogen and oxygen atoms in total. The number of nitrogens with one attached hydrogen (secondary N) is 2. The van der Waals surface area contributed by atoms with Crippen LogP contribution in [0.5, 0.6) is 0 Å².